The zero-order valence-electron chi connectivity index (χ0n) is 8.46. The summed E-state index contributed by atoms with van der Waals surface area (Å²) in [6.45, 7) is 0. The molecule has 0 N–H and O–H groups in total. The number of para-hydroxylation sites is 1. The predicted molar refractivity (Wildman–Crippen MR) is 64.9 cm³/mol. The van der Waals surface area contributed by atoms with E-state index < -0.39 is 10.0 Å². The second-order valence-corrected chi connectivity index (χ2v) is 6.52. The summed E-state index contributed by atoms with van der Waals surface area (Å²) in [5.41, 5.74) is 0.769. The molecule has 0 aromatic heterocycles. The van der Waals surface area contributed by atoms with Crippen LogP contribution >= 0.6 is 11.8 Å². The molecule has 1 aliphatic heterocycles. The molecule has 3 nitrogen and oxygen atoms in total. The summed E-state index contributed by atoms with van der Waals surface area (Å²) in [5.74, 6) is 1.78. The van der Waals surface area contributed by atoms with Gasteiger partial charge in [-0.2, -0.15) is 11.8 Å². The van der Waals surface area contributed by atoms with Gasteiger partial charge in [-0.15, -0.1) is 0 Å². The van der Waals surface area contributed by atoms with E-state index in [0.717, 1.165) is 17.2 Å². The molecule has 0 unspecified atom stereocenters. The molecule has 1 heterocycles. The maximum absolute atomic E-state index is 11.7. The monoisotopic (exact) mass is 243 g/mol. The first-order valence-corrected chi connectivity index (χ1v) is 7.71. The third kappa shape index (κ3) is 2.29. The van der Waals surface area contributed by atoms with Crippen molar-refractivity contribution in [2.45, 2.75) is 6.04 Å². The minimum Gasteiger partial charge on any atom is -0.266 e. The minimum absolute atomic E-state index is 0.132. The van der Waals surface area contributed by atoms with Gasteiger partial charge in [0.2, 0.25) is 10.0 Å². The summed E-state index contributed by atoms with van der Waals surface area (Å²) in [6.07, 6.45) is 1.27. The summed E-state index contributed by atoms with van der Waals surface area (Å²) >= 11 is 1.78. The zero-order valence-corrected chi connectivity index (χ0v) is 10.1. The molecule has 1 saturated heterocycles. The van der Waals surface area contributed by atoms with Crippen LogP contribution in [-0.4, -0.2) is 32.2 Å². The number of thioether (sulfide) groups is 1. The molecule has 5 heteroatoms. The van der Waals surface area contributed by atoms with E-state index in [1.165, 1.54) is 10.6 Å². The summed E-state index contributed by atoms with van der Waals surface area (Å²) in [4.78, 5) is 0. The molecular formula is C10H13NO2S2. The van der Waals surface area contributed by atoms with Crippen molar-refractivity contribution in [3.8, 4) is 0 Å². The SMILES string of the molecule is CS(=O)(=O)N(c1ccccc1)C1CSC1. The molecular weight excluding hydrogens is 230 g/mol. The first-order valence-electron chi connectivity index (χ1n) is 4.71. The van der Waals surface area contributed by atoms with Crippen molar-refractivity contribution in [1.82, 2.24) is 0 Å². The molecule has 0 radical (unpaired) electrons. The molecule has 15 heavy (non-hydrogen) atoms. The smallest absolute Gasteiger partial charge is 0.232 e. The highest BCUT2D eigenvalue weighted by Crippen LogP contribution is 2.29. The van der Waals surface area contributed by atoms with E-state index in [4.69, 9.17) is 0 Å². The average molecular weight is 243 g/mol. The van der Waals surface area contributed by atoms with Gasteiger partial charge in [-0.05, 0) is 12.1 Å². The molecule has 0 bridgehead atoms. The van der Waals surface area contributed by atoms with Crippen LogP contribution in [0.3, 0.4) is 0 Å². The summed E-state index contributed by atoms with van der Waals surface area (Å²) in [6, 6.07) is 9.42. The van der Waals surface area contributed by atoms with Crippen LogP contribution in [0.25, 0.3) is 0 Å². The molecule has 0 amide bonds. The Balaban J connectivity index is 2.35. The fraction of sp³-hybridized carbons (Fsp3) is 0.400. The fourth-order valence-electron chi connectivity index (χ4n) is 1.61. The van der Waals surface area contributed by atoms with E-state index in [1.807, 2.05) is 30.3 Å². The van der Waals surface area contributed by atoms with Crippen LogP contribution in [0, 0.1) is 0 Å². The maximum Gasteiger partial charge on any atom is 0.232 e. The van der Waals surface area contributed by atoms with Gasteiger partial charge in [0, 0.05) is 11.5 Å². The Labute approximate surface area is 94.5 Å². The third-order valence-electron chi connectivity index (χ3n) is 2.32. The van der Waals surface area contributed by atoms with E-state index in [-0.39, 0.29) is 6.04 Å². The molecule has 82 valence electrons. The molecule has 1 aliphatic rings. The van der Waals surface area contributed by atoms with Crippen LogP contribution in [0.15, 0.2) is 30.3 Å². The highest BCUT2D eigenvalue weighted by molar-refractivity contribution is 8.01. The maximum atomic E-state index is 11.7. The van der Waals surface area contributed by atoms with E-state index in [2.05, 4.69) is 0 Å². The molecule has 2 rings (SSSR count). The molecule has 0 saturated carbocycles. The highest BCUT2D eigenvalue weighted by atomic mass is 32.2. The van der Waals surface area contributed by atoms with Crippen molar-refractivity contribution >= 4 is 27.5 Å². The van der Waals surface area contributed by atoms with Gasteiger partial charge in [-0.1, -0.05) is 18.2 Å². The van der Waals surface area contributed by atoms with E-state index in [0.29, 0.717) is 0 Å². The quantitative estimate of drug-likeness (QED) is 0.808. The number of benzene rings is 1. The number of nitrogens with zero attached hydrogens (tertiary/aromatic N) is 1. The van der Waals surface area contributed by atoms with Gasteiger partial charge in [-0.25, -0.2) is 8.42 Å². The average Bonchev–Trinajstić information content (AvgIpc) is 2.10. The second-order valence-electron chi connectivity index (χ2n) is 3.59. The van der Waals surface area contributed by atoms with Gasteiger partial charge in [0.25, 0.3) is 0 Å². The van der Waals surface area contributed by atoms with Crippen LogP contribution in [0.1, 0.15) is 0 Å². The largest absolute Gasteiger partial charge is 0.266 e. The Morgan fingerprint density at radius 3 is 2.27 bits per heavy atom. The Morgan fingerprint density at radius 1 is 1.27 bits per heavy atom. The van der Waals surface area contributed by atoms with Crippen LogP contribution in [0.5, 0.6) is 0 Å². The summed E-state index contributed by atoms with van der Waals surface area (Å²) < 4.78 is 24.9. The van der Waals surface area contributed by atoms with Gasteiger partial charge in [0.05, 0.1) is 18.0 Å². The van der Waals surface area contributed by atoms with Crippen LogP contribution in [0.2, 0.25) is 0 Å². The topological polar surface area (TPSA) is 37.4 Å². The normalized spacial score (nSPS) is 17.1. The first-order chi connectivity index (χ1) is 7.09. The Bertz CT molecular complexity index is 426. The van der Waals surface area contributed by atoms with Crippen molar-refractivity contribution in [2.75, 3.05) is 22.1 Å². The lowest BCUT2D eigenvalue weighted by Gasteiger charge is -2.36. The highest BCUT2D eigenvalue weighted by Gasteiger charge is 2.31. The number of anilines is 1. The van der Waals surface area contributed by atoms with Crippen molar-refractivity contribution in [1.29, 1.82) is 0 Å². The van der Waals surface area contributed by atoms with Crippen molar-refractivity contribution in [3.05, 3.63) is 30.3 Å². The molecule has 1 aromatic carbocycles. The van der Waals surface area contributed by atoms with Gasteiger partial charge in [0.1, 0.15) is 0 Å². The molecule has 0 atom stereocenters. The Morgan fingerprint density at radius 2 is 1.87 bits per heavy atom. The minimum atomic E-state index is -3.16. The van der Waals surface area contributed by atoms with Crippen LogP contribution < -0.4 is 4.31 Å². The zero-order chi connectivity index (χ0) is 10.9. The van der Waals surface area contributed by atoms with Crippen molar-refractivity contribution < 1.29 is 8.42 Å². The van der Waals surface area contributed by atoms with Gasteiger partial charge in [0.15, 0.2) is 0 Å². The number of hydrogen-bond acceptors (Lipinski definition) is 3. The number of rotatable bonds is 3. The number of hydrogen-bond donors (Lipinski definition) is 0. The Hall–Kier alpha value is -0.680. The molecule has 1 fully saturated rings. The van der Waals surface area contributed by atoms with E-state index in [1.54, 1.807) is 11.8 Å². The third-order valence-corrected chi connectivity index (χ3v) is 4.78. The van der Waals surface area contributed by atoms with Crippen LogP contribution in [-0.2, 0) is 10.0 Å². The van der Waals surface area contributed by atoms with Crippen molar-refractivity contribution in [3.63, 3.8) is 0 Å². The van der Waals surface area contributed by atoms with E-state index in [9.17, 15) is 8.42 Å². The lowest BCUT2D eigenvalue weighted by molar-refractivity contribution is 0.590. The Kier molecular flexibility index (Phi) is 2.93. The molecule has 1 aromatic rings. The lowest BCUT2D eigenvalue weighted by Crippen LogP contribution is -2.47. The summed E-state index contributed by atoms with van der Waals surface area (Å²) in [5, 5.41) is 0. The van der Waals surface area contributed by atoms with Crippen LogP contribution in [0.4, 0.5) is 5.69 Å². The second kappa shape index (κ2) is 4.06. The molecule has 0 spiro atoms. The number of sulfonamides is 1. The van der Waals surface area contributed by atoms with Gasteiger partial charge in [-0.3, -0.25) is 4.31 Å². The van der Waals surface area contributed by atoms with Crippen molar-refractivity contribution in [2.24, 2.45) is 0 Å². The first kappa shape index (κ1) is 10.8. The fourth-order valence-corrected chi connectivity index (χ4v) is 3.74. The van der Waals surface area contributed by atoms with E-state index >= 15 is 0 Å². The lowest BCUT2D eigenvalue weighted by atomic mass is 10.3. The summed E-state index contributed by atoms with van der Waals surface area (Å²) in [7, 11) is -3.16. The van der Waals surface area contributed by atoms with Gasteiger partial charge < -0.3 is 0 Å². The van der Waals surface area contributed by atoms with Gasteiger partial charge >= 0.3 is 0 Å². The molecule has 0 aliphatic carbocycles. The standard InChI is InChI=1S/C10H13NO2S2/c1-15(12,13)11(10-7-14-8-10)9-5-3-2-4-6-9/h2-6,10H,7-8H2,1H3. The predicted octanol–water partition coefficient (Wildman–Crippen LogP) is 1.57.